The Bertz CT molecular complexity index is 811. The maximum absolute atomic E-state index is 11.6. The van der Waals surface area contributed by atoms with Crippen molar-refractivity contribution in [2.24, 2.45) is 0 Å². The molecule has 0 aromatic heterocycles. The van der Waals surface area contributed by atoms with E-state index in [1.165, 1.54) is 24.3 Å². The summed E-state index contributed by atoms with van der Waals surface area (Å²) in [6.45, 7) is -0.976. The van der Waals surface area contributed by atoms with Crippen LogP contribution in [0.15, 0.2) is 60.7 Å². The number of esters is 2. The lowest BCUT2D eigenvalue weighted by molar-refractivity contribution is -0.148. The van der Waals surface area contributed by atoms with Crippen molar-refractivity contribution in [2.75, 3.05) is 13.2 Å². The Kier molecular flexibility index (Phi) is 8.46. The minimum Gasteiger partial charge on any atom is -0.454 e. The third-order valence-corrected chi connectivity index (χ3v) is 3.82. The molecule has 0 amide bonds. The molecule has 144 valence electrons. The first kappa shape index (κ1) is 21.4. The second kappa shape index (κ2) is 11.1. The number of carbonyl (C=O) groups excluding carboxylic acids is 3. The highest BCUT2D eigenvalue weighted by atomic mass is 35.5. The van der Waals surface area contributed by atoms with Crippen molar-refractivity contribution in [3.8, 4) is 0 Å². The van der Waals surface area contributed by atoms with E-state index < -0.39 is 30.9 Å². The number of hydrogen-bond donors (Lipinski definition) is 0. The van der Waals surface area contributed by atoms with Gasteiger partial charge >= 0.3 is 11.9 Å². The van der Waals surface area contributed by atoms with Gasteiger partial charge in [-0.25, -0.2) is 9.59 Å². The fourth-order valence-corrected chi connectivity index (χ4v) is 2.17. The van der Waals surface area contributed by atoms with Gasteiger partial charge in [-0.15, -0.1) is 0 Å². The molecular formula is C21H16Cl2O5. The van der Waals surface area contributed by atoms with Gasteiger partial charge in [-0.05, 0) is 47.5 Å². The number of benzene rings is 2. The van der Waals surface area contributed by atoms with E-state index in [1.807, 2.05) is 0 Å². The monoisotopic (exact) mass is 418 g/mol. The van der Waals surface area contributed by atoms with Gasteiger partial charge in [0.15, 0.2) is 13.2 Å². The Morgan fingerprint density at radius 2 is 1.04 bits per heavy atom. The molecule has 5 nitrogen and oxygen atoms in total. The smallest absolute Gasteiger partial charge is 0.331 e. The van der Waals surface area contributed by atoms with Crippen LogP contribution in [0.5, 0.6) is 0 Å². The molecule has 0 unspecified atom stereocenters. The van der Waals surface area contributed by atoms with Crippen molar-refractivity contribution >= 4 is 53.1 Å². The van der Waals surface area contributed by atoms with E-state index in [4.69, 9.17) is 32.7 Å². The van der Waals surface area contributed by atoms with Gasteiger partial charge in [0.05, 0.1) is 0 Å². The van der Waals surface area contributed by atoms with Crippen molar-refractivity contribution in [1.82, 2.24) is 0 Å². The average Bonchev–Trinajstić information content (AvgIpc) is 2.69. The molecule has 2 aromatic rings. The highest BCUT2D eigenvalue weighted by molar-refractivity contribution is 6.30. The number of carbonyl (C=O) groups is 3. The van der Waals surface area contributed by atoms with Crippen molar-refractivity contribution < 1.29 is 23.9 Å². The lowest BCUT2D eigenvalue weighted by Gasteiger charge is -2.02. The SMILES string of the molecule is O=C(COC(=O)/C=C/c1ccc(Cl)cc1)COC(=O)/C=C/c1ccc(Cl)cc1. The van der Waals surface area contributed by atoms with Crippen LogP contribution in [0.25, 0.3) is 12.2 Å². The Morgan fingerprint density at radius 1 is 0.679 bits per heavy atom. The Morgan fingerprint density at radius 3 is 1.39 bits per heavy atom. The van der Waals surface area contributed by atoms with Gasteiger partial charge in [0, 0.05) is 22.2 Å². The van der Waals surface area contributed by atoms with E-state index in [9.17, 15) is 14.4 Å². The van der Waals surface area contributed by atoms with E-state index in [1.54, 1.807) is 48.5 Å². The molecule has 28 heavy (non-hydrogen) atoms. The maximum Gasteiger partial charge on any atom is 0.331 e. The van der Waals surface area contributed by atoms with Crippen LogP contribution in [0.3, 0.4) is 0 Å². The minimum absolute atomic E-state index is 0.488. The molecule has 0 heterocycles. The molecule has 0 aliphatic rings. The fraction of sp³-hybridized carbons (Fsp3) is 0.0952. The van der Waals surface area contributed by atoms with Gasteiger partial charge in [-0.3, -0.25) is 4.79 Å². The quantitative estimate of drug-likeness (QED) is 0.469. The number of hydrogen-bond acceptors (Lipinski definition) is 5. The van der Waals surface area contributed by atoms with Gasteiger partial charge in [-0.2, -0.15) is 0 Å². The zero-order valence-corrected chi connectivity index (χ0v) is 16.2. The number of rotatable bonds is 8. The molecule has 0 bridgehead atoms. The van der Waals surface area contributed by atoms with Crippen molar-refractivity contribution in [3.63, 3.8) is 0 Å². The topological polar surface area (TPSA) is 69.7 Å². The minimum atomic E-state index is -0.683. The van der Waals surface area contributed by atoms with Gasteiger partial charge in [-0.1, -0.05) is 47.5 Å². The largest absolute Gasteiger partial charge is 0.454 e. The summed E-state index contributed by atoms with van der Waals surface area (Å²) in [6.07, 6.45) is 5.45. The van der Waals surface area contributed by atoms with Crippen molar-refractivity contribution in [1.29, 1.82) is 0 Å². The van der Waals surface area contributed by atoms with Gasteiger partial charge in [0.1, 0.15) is 0 Å². The second-order valence-electron chi connectivity index (χ2n) is 5.52. The molecule has 0 saturated heterocycles. The zero-order valence-electron chi connectivity index (χ0n) is 14.6. The zero-order chi connectivity index (χ0) is 20.4. The van der Waals surface area contributed by atoms with E-state index in [2.05, 4.69) is 0 Å². The molecule has 0 saturated carbocycles. The van der Waals surface area contributed by atoms with Crippen LogP contribution in [0, 0.1) is 0 Å². The summed E-state index contributed by atoms with van der Waals surface area (Å²) < 4.78 is 9.60. The van der Waals surface area contributed by atoms with Crippen LogP contribution >= 0.6 is 23.2 Å². The summed E-state index contributed by atoms with van der Waals surface area (Å²) in [7, 11) is 0. The van der Waals surface area contributed by atoms with Gasteiger partial charge < -0.3 is 9.47 Å². The third-order valence-electron chi connectivity index (χ3n) is 3.31. The van der Waals surface area contributed by atoms with Crippen molar-refractivity contribution in [3.05, 3.63) is 81.9 Å². The summed E-state index contributed by atoms with van der Waals surface area (Å²) in [5.74, 6) is -1.91. The molecule has 0 fully saturated rings. The molecule has 0 atom stereocenters. The first-order chi connectivity index (χ1) is 13.4. The highest BCUT2D eigenvalue weighted by Gasteiger charge is 2.08. The molecular weight excluding hydrogens is 403 g/mol. The third kappa shape index (κ3) is 8.20. The summed E-state index contributed by atoms with van der Waals surface area (Å²) in [4.78, 5) is 34.8. The van der Waals surface area contributed by atoms with Crippen LogP contribution in [0.4, 0.5) is 0 Å². The second-order valence-corrected chi connectivity index (χ2v) is 6.40. The Labute approximate surface area is 172 Å². The normalized spacial score (nSPS) is 10.9. The van der Waals surface area contributed by atoms with Gasteiger partial charge in [0.2, 0.25) is 5.78 Å². The molecule has 2 rings (SSSR count). The van der Waals surface area contributed by atoms with Crippen molar-refractivity contribution in [2.45, 2.75) is 0 Å². The number of Topliss-reactive ketones (excluding diaryl/α,β-unsaturated/α-hetero) is 1. The summed E-state index contributed by atoms with van der Waals surface area (Å²) in [5, 5.41) is 1.17. The van der Waals surface area contributed by atoms with E-state index in [0.717, 1.165) is 11.1 Å². The van der Waals surface area contributed by atoms with E-state index >= 15 is 0 Å². The van der Waals surface area contributed by atoms with Crippen LogP contribution in [0.2, 0.25) is 10.0 Å². The number of ketones is 1. The summed E-state index contributed by atoms with van der Waals surface area (Å²) in [5.41, 5.74) is 1.52. The molecule has 7 heteroatoms. The molecule has 0 spiro atoms. The predicted molar refractivity (Wildman–Crippen MR) is 108 cm³/mol. The Balaban J connectivity index is 1.68. The molecule has 2 aromatic carbocycles. The first-order valence-corrected chi connectivity index (χ1v) is 8.90. The maximum atomic E-state index is 11.6. The molecule has 0 aliphatic heterocycles. The first-order valence-electron chi connectivity index (χ1n) is 8.15. The Hall–Kier alpha value is -2.89. The number of ether oxygens (including phenoxy) is 2. The predicted octanol–water partition coefficient (Wildman–Crippen LogP) is 4.38. The van der Waals surface area contributed by atoms with Gasteiger partial charge in [0.25, 0.3) is 0 Å². The fourth-order valence-electron chi connectivity index (χ4n) is 1.92. The molecule has 0 radical (unpaired) electrons. The van der Waals surface area contributed by atoms with E-state index in [-0.39, 0.29) is 0 Å². The van der Waals surface area contributed by atoms with Crippen LogP contribution < -0.4 is 0 Å². The summed E-state index contributed by atoms with van der Waals surface area (Å²) in [6, 6.07) is 13.7. The molecule has 0 aliphatic carbocycles. The van der Waals surface area contributed by atoms with Crippen LogP contribution in [0.1, 0.15) is 11.1 Å². The molecule has 0 N–H and O–H groups in total. The van der Waals surface area contributed by atoms with Crippen LogP contribution in [-0.2, 0) is 23.9 Å². The van der Waals surface area contributed by atoms with Crippen LogP contribution in [-0.4, -0.2) is 30.9 Å². The highest BCUT2D eigenvalue weighted by Crippen LogP contribution is 2.11. The van der Waals surface area contributed by atoms with E-state index in [0.29, 0.717) is 10.0 Å². The standard InChI is InChI=1S/C21H16Cl2O5/c22-17-7-1-15(2-8-17)5-11-20(25)27-13-19(24)14-28-21(26)12-6-16-3-9-18(23)10-4-16/h1-12H,13-14H2/b11-5+,12-6+. The summed E-state index contributed by atoms with van der Waals surface area (Å²) >= 11 is 11.5. The lowest BCUT2D eigenvalue weighted by Crippen LogP contribution is -2.19. The number of halogens is 2. The average molecular weight is 419 g/mol. The lowest BCUT2D eigenvalue weighted by atomic mass is 10.2.